The summed E-state index contributed by atoms with van der Waals surface area (Å²) in [5.41, 5.74) is 1.87. The fourth-order valence-electron chi connectivity index (χ4n) is 4.28. The molecule has 0 heterocycles. The molecule has 0 bridgehead atoms. The summed E-state index contributed by atoms with van der Waals surface area (Å²) in [7, 11) is 0. The molecule has 5 aromatic carbocycles. The van der Waals surface area contributed by atoms with Gasteiger partial charge in [0.2, 0.25) is 5.91 Å². The van der Waals surface area contributed by atoms with Gasteiger partial charge in [0.25, 0.3) is 11.8 Å². The van der Waals surface area contributed by atoms with Crippen LogP contribution in [0.25, 0.3) is 6.08 Å². The van der Waals surface area contributed by atoms with E-state index in [1.807, 2.05) is 37.3 Å². The number of nitrogens with one attached hydrogen (secondary N) is 3. The summed E-state index contributed by atoms with van der Waals surface area (Å²) in [5.74, 6) is 0.196. The topological polar surface area (TPSA) is 96.5 Å². The van der Waals surface area contributed by atoms with Crippen molar-refractivity contribution in [3.8, 4) is 11.5 Å². The summed E-state index contributed by atoms with van der Waals surface area (Å²) < 4.78 is 5.81. The number of carbonyl (C=O) groups excluding carboxylic acids is 3. The van der Waals surface area contributed by atoms with Gasteiger partial charge in [-0.05, 0) is 97.9 Å². The van der Waals surface area contributed by atoms with Crippen LogP contribution < -0.4 is 20.7 Å². The van der Waals surface area contributed by atoms with Gasteiger partial charge in [-0.25, -0.2) is 0 Å². The van der Waals surface area contributed by atoms with Crippen molar-refractivity contribution in [3.63, 3.8) is 0 Å². The SMILES string of the molecule is CC(Sc1ccc(NC(=O)/C(=C/c2c(Cl)cccc2Cl)NC(=O)c2ccccc2)cc1)C(=O)Nc1ccc(Oc2ccccc2)cc1. The maximum atomic E-state index is 13.4. The smallest absolute Gasteiger partial charge is 0.272 e. The lowest BCUT2D eigenvalue weighted by molar-refractivity contribution is -0.115. The molecule has 236 valence electrons. The van der Waals surface area contributed by atoms with Crippen LogP contribution >= 0.6 is 35.0 Å². The Morgan fingerprint density at radius 1 is 0.681 bits per heavy atom. The molecule has 3 N–H and O–H groups in total. The maximum absolute atomic E-state index is 13.4. The number of para-hydroxylation sites is 1. The van der Waals surface area contributed by atoms with Gasteiger partial charge >= 0.3 is 0 Å². The van der Waals surface area contributed by atoms with Gasteiger partial charge < -0.3 is 20.7 Å². The van der Waals surface area contributed by atoms with Crippen LogP contribution in [0.2, 0.25) is 10.0 Å². The first-order chi connectivity index (χ1) is 22.7. The standard InChI is InChI=1S/C37H29Cl2N3O4S/c1-24(35(43)40-26-15-19-29(20-16-26)46-28-11-6-3-7-12-28)47-30-21-17-27(18-22-30)41-37(45)34(23-31-32(38)13-8-14-33(31)39)42-36(44)25-9-4-2-5-10-25/h2-24H,1H3,(H,40,43)(H,41,45)(H,42,44)/b34-23-. The molecule has 0 aliphatic carbocycles. The van der Waals surface area contributed by atoms with E-state index >= 15 is 0 Å². The second-order valence-electron chi connectivity index (χ2n) is 10.2. The van der Waals surface area contributed by atoms with Crippen LogP contribution in [0.4, 0.5) is 11.4 Å². The summed E-state index contributed by atoms with van der Waals surface area (Å²) in [5, 5.41) is 8.66. The van der Waals surface area contributed by atoms with Crippen molar-refractivity contribution < 1.29 is 19.1 Å². The maximum Gasteiger partial charge on any atom is 0.272 e. The molecule has 0 saturated carbocycles. The normalized spacial score (nSPS) is 11.7. The number of ether oxygens (including phenoxy) is 1. The minimum absolute atomic E-state index is 0.0442. The molecule has 0 aliphatic heterocycles. The van der Waals surface area contributed by atoms with Crippen LogP contribution in [0.5, 0.6) is 11.5 Å². The Morgan fingerprint density at radius 3 is 1.87 bits per heavy atom. The molecular weight excluding hydrogens is 653 g/mol. The zero-order valence-corrected chi connectivity index (χ0v) is 27.4. The average Bonchev–Trinajstić information content (AvgIpc) is 3.08. The third-order valence-electron chi connectivity index (χ3n) is 6.71. The molecule has 10 heteroatoms. The third kappa shape index (κ3) is 9.50. The van der Waals surface area contributed by atoms with Crippen molar-refractivity contribution in [1.29, 1.82) is 0 Å². The highest BCUT2D eigenvalue weighted by atomic mass is 35.5. The lowest BCUT2D eigenvalue weighted by Crippen LogP contribution is -2.30. The van der Waals surface area contributed by atoms with Crippen LogP contribution in [0, 0.1) is 0 Å². The van der Waals surface area contributed by atoms with Gasteiger partial charge in [-0.15, -0.1) is 11.8 Å². The molecule has 7 nitrogen and oxygen atoms in total. The number of thioether (sulfide) groups is 1. The fraction of sp³-hybridized carbons (Fsp3) is 0.0541. The molecule has 0 fully saturated rings. The van der Waals surface area contributed by atoms with E-state index in [0.29, 0.717) is 38.3 Å². The summed E-state index contributed by atoms with van der Waals surface area (Å²) >= 11 is 14.1. The predicted molar refractivity (Wildman–Crippen MR) is 190 cm³/mol. The number of hydrogen-bond donors (Lipinski definition) is 3. The highest BCUT2D eigenvalue weighted by Crippen LogP contribution is 2.29. The van der Waals surface area contributed by atoms with Gasteiger partial charge in [-0.2, -0.15) is 0 Å². The van der Waals surface area contributed by atoms with E-state index in [9.17, 15) is 14.4 Å². The van der Waals surface area contributed by atoms with E-state index < -0.39 is 17.1 Å². The quantitative estimate of drug-likeness (QED) is 0.0954. The summed E-state index contributed by atoms with van der Waals surface area (Å²) in [4.78, 5) is 40.0. The average molecular weight is 683 g/mol. The highest BCUT2D eigenvalue weighted by Gasteiger charge is 2.18. The van der Waals surface area contributed by atoms with Crippen molar-refractivity contribution in [1.82, 2.24) is 5.32 Å². The van der Waals surface area contributed by atoms with Gasteiger partial charge in [-0.3, -0.25) is 14.4 Å². The Morgan fingerprint density at radius 2 is 1.23 bits per heavy atom. The van der Waals surface area contributed by atoms with Crippen LogP contribution in [0.1, 0.15) is 22.8 Å². The second-order valence-corrected chi connectivity index (χ2v) is 12.4. The fourth-order valence-corrected chi connectivity index (χ4v) is 5.66. The lowest BCUT2D eigenvalue weighted by Gasteiger charge is -2.14. The molecule has 0 aliphatic rings. The van der Waals surface area contributed by atoms with E-state index in [1.54, 1.807) is 97.1 Å². The van der Waals surface area contributed by atoms with E-state index in [-0.39, 0.29) is 11.6 Å². The molecular formula is C37H29Cl2N3O4S. The zero-order valence-electron chi connectivity index (χ0n) is 25.1. The third-order valence-corrected chi connectivity index (χ3v) is 8.48. The first-order valence-electron chi connectivity index (χ1n) is 14.5. The molecule has 5 aromatic rings. The molecule has 0 spiro atoms. The molecule has 0 radical (unpaired) electrons. The number of halogens is 2. The number of rotatable bonds is 11. The number of carbonyl (C=O) groups is 3. The van der Waals surface area contributed by atoms with Gasteiger partial charge in [-0.1, -0.05) is 65.7 Å². The molecule has 47 heavy (non-hydrogen) atoms. The Kier molecular flexibility index (Phi) is 11.4. The molecule has 1 atom stereocenters. The van der Waals surface area contributed by atoms with Crippen molar-refractivity contribution in [2.24, 2.45) is 0 Å². The van der Waals surface area contributed by atoms with Gasteiger partial charge in [0.05, 0.1) is 5.25 Å². The van der Waals surface area contributed by atoms with Crippen LogP contribution in [-0.2, 0) is 9.59 Å². The second kappa shape index (κ2) is 16.0. The van der Waals surface area contributed by atoms with Crippen molar-refractivity contribution in [2.75, 3.05) is 10.6 Å². The largest absolute Gasteiger partial charge is 0.457 e. The Hall–Kier alpha value is -5.02. The Balaban J connectivity index is 1.20. The van der Waals surface area contributed by atoms with E-state index in [1.165, 1.54) is 17.8 Å². The molecule has 5 rings (SSSR count). The van der Waals surface area contributed by atoms with Gasteiger partial charge in [0, 0.05) is 37.4 Å². The summed E-state index contributed by atoms with van der Waals surface area (Å²) in [6.45, 7) is 1.81. The van der Waals surface area contributed by atoms with Crippen molar-refractivity contribution >= 4 is 70.1 Å². The summed E-state index contributed by atoms with van der Waals surface area (Å²) in [6, 6.07) is 37.2. The number of benzene rings is 5. The Labute approximate surface area is 287 Å². The zero-order chi connectivity index (χ0) is 33.2. The predicted octanol–water partition coefficient (Wildman–Crippen LogP) is 9.31. The van der Waals surface area contributed by atoms with E-state index in [4.69, 9.17) is 27.9 Å². The lowest BCUT2D eigenvalue weighted by atomic mass is 10.1. The van der Waals surface area contributed by atoms with Crippen molar-refractivity contribution in [3.05, 3.63) is 154 Å². The highest BCUT2D eigenvalue weighted by molar-refractivity contribution is 8.00. The molecule has 0 saturated heterocycles. The van der Waals surface area contributed by atoms with Crippen LogP contribution in [-0.4, -0.2) is 23.0 Å². The van der Waals surface area contributed by atoms with Gasteiger partial charge in [0.15, 0.2) is 0 Å². The first-order valence-corrected chi connectivity index (χ1v) is 16.1. The van der Waals surface area contributed by atoms with Crippen LogP contribution in [0.15, 0.2) is 138 Å². The molecule has 1 unspecified atom stereocenters. The van der Waals surface area contributed by atoms with Crippen molar-refractivity contribution in [2.45, 2.75) is 17.1 Å². The minimum atomic E-state index is -0.571. The Bertz CT molecular complexity index is 1870. The number of anilines is 2. The number of hydrogen-bond acceptors (Lipinski definition) is 5. The first kappa shape index (κ1) is 33.3. The van der Waals surface area contributed by atoms with E-state index in [2.05, 4.69) is 16.0 Å². The van der Waals surface area contributed by atoms with Gasteiger partial charge in [0.1, 0.15) is 17.2 Å². The molecule has 3 amide bonds. The minimum Gasteiger partial charge on any atom is -0.457 e. The monoisotopic (exact) mass is 681 g/mol. The number of amides is 3. The summed E-state index contributed by atoms with van der Waals surface area (Å²) in [6.07, 6.45) is 1.44. The molecule has 0 aromatic heterocycles. The van der Waals surface area contributed by atoms with Crippen LogP contribution in [0.3, 0.4) is 0 Å². The van der Waals surface area contributed by atoms with E-state index in [0.717, 1.165) is 10.6 Å².